The van der Waals surface area contributed by atoms with Crippen molar-refractivity contribution in [2.45, 2.75) is 22.6 Å². The summed E-state index contributed by atoms with van der Waals surface area (Å²) in [5.41, 5.74) is 1.28. The number of hydrogen-bond acceptors (Lipinski definition) is 4. The highest BCUT2D eigenvalue weighted by Gasteiger charge is 2.28. The Morgan fingerprint density at radius 1 is 1.47 bits per heavy atom. The van der Waals surface area contributed by atoms with Crippen LogP contribution < -0.4 is 10.6 Å². The zero-order valence-electron chi connectivity index (χ0n) is 10.7. The Morgan fingerprint density at radius 3 is 3.16 bits per heavy atom. The molecule has 1 aromatic carbocycles. The molecule has 0 bridgehead atoms. The summed E-state index contributed by atoms with van der Waals surface area (Å²) in [6.45, 7) is 2.95. The molecule has 0 spiro atoms. The molecule has 1 saturated heterocycles. The van der Waals surface area contributed by atoms with E-state index < -0.39 is 0 Å². The number of carbonyl (C=O) groups excluding carboxylic acids is 1. The van der Waals surface area contributed by atoms with E-state index in [-0.39, 0.29) is 17.2 Å². The number of nitrogens with one attached hydrogen (secondary N) is 2. The van der Waals surface area contributed by atoms with E-state index in [4.69, 9.17) is 4.74 Å². The zero-order valence-corrected chi connectivity index (χ0v) is 11.5. The second kappa shape index (κ2) is 5.94. The van der Waals surface area contributed by atoms with Gasteiger partial charge in [-0.25, -0.2) is 0 Å². The predicted molar refractivity (Wildman–Crippen MR) is 75.4 cm³/mol. The van der Waals surface area contributed by atoms with E-state index >= 15 is 0 Å². The summed E-state index contributed by atoms with van der Waals surface area (Å²) in [6, 6.07) is 8.49. The fraction of sp³-hybridized carbons (Fsp3) is 0.500. The molecule has 2 heterocycles. The molecule has 2 atom stereocenters. The van der Waals surface area contributed by atoms with E-state index in [1.54, 1.807) is 11.8 Å². The Labute approximate surface area is 117 Å². The lowest BCUT2D eigenvalue weighted by Gasteiger charge is -2.24. The standard InChI is InChI=1S/C14H18N2O2S/c17-14(16-8-11-9-18-6-5-15-11)13-7-10-3-1-2-4-12(10)19-13/h1-4,11,13,15H,5-9H2,(H,16,17). The van der Waals surface area contributed by atoms with E-state index in [1.807, 2.05) is 12.1 Å². The number of hydrogen-bond donors (Lipinski definition) is 2. The van der Waals surface area contributed by atoms with Gasteiger partial charge in [0.25, 0.3) is 0 Å². The van der Waals surface area contributed by atoms with E-state index in [0.29, 0.717) is 13.2 Å². The first kappa shape index (κ1) is 13.0. The van der Waals surface area contributed by atoms with Gasteiger partial charge in [0.05, 0.1) is 18.5 Å². The van der Waals surface area contributed by atoms with Crippen molar-refractivity contribution in [1.29, 1.82) is 0 Å². The quantitative estimate of drug-likeness (QED) is 0.859. The molecule has 102 valence electrons. The van der Waals surface area contributed by atoms with Crippen molar-refractivity contribution in [3.8, 4) is 0 Å². The molecule has 2 aliphatic heterocycles. The van der Waals surface area contributed by atoms with Crippen LogP contribution in [0.4, 0.5) is 0 Å². The summed E-state index contributed by atoms with van der Waals surface area (Å²) in [4.78, 5) is 13.4. The Balaban J connectivity index is 1.49. The van der Waals surface area contributed by atoms with Crippen LogP contribution in [0.1, 0.15) is 5.56 Å². The molecule has 19 heavy (non-hydrogen) atoms. The van der Waals surface area contributed by atoms with Crippen molar-refractivity contribution < 1.29 is 9.53 Å². The molecule has 3 rings (SSSR count). The van der Waals surface area contributed by atoms with Gasteiger partial charge in [0.15, 0.2) is 0 Å². The van der Waals surface area contributed by atoms with Crippen LogP contribution in [-0.4, -0.2) is 43.5 Å². The van der Waals surface area contributed by atoms with Gasteiger partial charge < -0.3 is 15.4 Å². The molecule has 1 aromatic rings. The van der Waals surface area contributed by atoms with E-state index in [0.717, 1.165) is 19.6 Å². The number of benzene rings is 1. The fourth-order valence-corrected chi connectivity index (χ4v) is 3.64. The Kier molecular flexibility index (Phi) is 4.06. The number of ether oxygens (including phenoxy) is 1. The van der Waals surface area contributed by atoms with Crippen LogP contribution in [0.25, 0.3) is 0 Å². The summed E-state index contributed by atoms with van der Waals surface area (Å²) in [5, 5.41) is 6.38. The summed E-state index contributed by atoms with van der Waals surface area (Å²) >= 11 is 1.67. The minimum atomic E-state index is 0.0157. The lowest BCUT2D eigenvalue weighted by Crippen LogP contribution is -2.49. The number of carbonyl (C=O) groups is 1. The number of thioether (sulfide) groups is 1. The molecule has 4 nitrogen and oxygen atoms in total. The number of morpholine rings is 1. The molecule has 2 N–H and O–H groups in total. The first-order chi connectivity index (χ1) is 9.33. The second-order valence-corrected chi connectivity index (χ2v) is 6.13. The van der Waals surface area contributed by atoms with E-state index in [1.165, 1.54) is 10.5 Å². The minimum Gasteiger partial charge on any atom is -0.378 e. The van der Waals surface area contributed by atoms with Gasteiger partial charge in [0, 0.05) is 24.0 Å². The summed E-state index contributed by atoms with van der Waals surface area (Å²) < 4.78 is 5.37. The molecule has 0 saturated carbocycles. The predicted octanol–water partition coefficient (Wildman–Crippen LogP) is 0.808. The topological polar surface area (TPSA) is 50.4 Å². The second-order valence-electron chi connectivity index (χ2n) is 4.89. The molecule has 0 aromatic heterocycles. The van der Waals surface area contributed by atoms with Crippen LogP contribution in [0.15, 0.2) is 29.2 Å². The maximum absolute atomic E-state index is 12.2. The third kappa shape index (κ3) is 3.11. The third-order valence-electron chi connectivity index (χ3n) is 3.46. The van der Waals surface area contributed by atoms with Crippen molar-refractivity contribution in [1.82, 2.24) is 10.6 Å². The van der Waals surface area contributed by atoms with Gasteiger partial charge in [0.2, 0.25) is 5.91 Å². The van der Waals surface area contributed by atoms with Crippen LogP contribution in [0.2, 0.25) is 0 Å². The summed E-state index contributed by atoms with van der Waals surface area (Å²) in [6.07, 6.45) is 0.835. The van der Waals surface area contributed by atoms with Gasteiger partial charge >= 0.3 is 0 Å². The van der Waals surface area contributed by atoms with Crippen LogP contribution in [0.3, 0.4) is 0 Å². The first-order valence-electron chi connectivity index (χ1n) is 6.66. The molecule has 1 fully saturated rings. The average Bonchev–Trinajstić information content (AvgIpc) is 2.90. The van der Waals surface area contributed by atoms with Crippen LogP contribution in [0, 0.1) is 0 Å². The smallest absolute Gasteiger partial charge is 0.233 e. The Morgan fingerprint density at radius 2 is 2.37 bits per heavy atom. The molecule has 0 aliphatic carbocycles. The normalized spacial score (nSPS) is 25.9. The molecular weight excluding hydrogens is 260 g/mol. The average molecular weight is 278 g/mol. The van der Waals surface area contributed by atoms with E-state index in [9.17, 15) is 4.79 Å². The third-order valence-corrected chi connectivity index (χ3v) is 4.78. The van der Waals surface area contributed by atoms with Crippen LogP contribution in [0.5, 0.6) is 0 Å². The molecule has 0 radical (unpaired) electrons. The fourth-order valence-electron chi connectivity index (χ4n) is 2.42. The van der Waals surface area contributed by atoms with Gasteiger partial charge in [-0.05, 0) is 18.1 Å². The molecule has 1 amide bonds. The maximum Gasteiger partial charge on any atom is 0.233 e. The number of fused-ring (bicyclic) bond motifs is 1. The van der Waals surface area contributed by atoms with E-state index in [2.05, 4.69) is 22.8 Å². The maximum atomic E-state index is 12.2. The van der Waals surface area contributed by atoms with Crippen molar-refractivity contribution in [2.75, 3.05) is 26.3 Å². The Bertz CT molecular complexity index is 436. The van der Waals surface area contributed by atoms with Gasteiger partial charge in [-0.1, -0.05) is 18.2 Å². The monoisotopic (exact) mass is 278 g/mol. The molecule has 2 unspecified atom stereocenters. The highest BCUT2D eigenvalue weighted by molar-refractivity contribution is 8.01. The minimum absolute atomic E-state index is 0.0157. The summed E-state index contributed by atoms with van der Waals surface area (Å²) in [7, 11) is 0. The largest absolute Gasteiger partial charge is 0.378 e. The van der Waals surface area contributed by atoms with Gasteiger partial charge in [-0.3, -0.25) is 4.79 Å². The lowest BCUT2D eigenvalue weighted by molar-refractivity contribution is -0.120. The van der Waals surface area contributed by atoms with Gasteiger partial charge in [0.1, 0.15) is 0 Å². The van der Waals surface area contributed by atoms with Crippen LogP contribution in [-0.2, 0) is 16.0 Å². The van der Waals surface area contributed by atoms with Gasteiger partial charge in [-0.2, -0.15) is 0 Å². The Hall–Kier alpha value is -1.04. The first-order valence-corrected chi connectivity index (χ1v) is 7.54. The zero-order chi connectivity index (χ0) is 13.1. The van der Waals surface area contributed by atoms with Gasteiger partial charge in [-0.15, -0.1) is 11.8 Å². The highest BCUT2D eigenvalue weighted by atomic mass is 32.2. The van der Waals surface area contributed by atoms with Crippen molar-refractivity contribution in [3.63, 3.8) is 0 Å². The van der Waals surface area contributed by atoms with Crippen LogP contribution >= 0.6 is 11.8 Å². The lowest BCUT2D eigenvalue weighted by atomic mass is 10.1. The summed E-state index contributed by atoms with van der Waals surface area (Å²) in [5.74, 6) is 0.133. The molecule has 2 aliphatic rings. The highest BCUT2D eigenvalue weighted by Crippen LogP contribution is 2.36. The van der Waals surface area contributed by atoms with Crippen molar-refractivity contribution in [3.05, 3.63) is 29.8 Å². The SMILES string of the molecule is O=C(NCC1COCCN1)C1Cc2ccccc2S1. The number of rotatable bonds is 3. The van der Waals surface area contributed by atoms with Crippen molar-refractivity contribution >= 4 is 17.7 Å². The molecule has 5 heteroatoms. The number of amides is 1. The molecular formula is C14H18N2O2S. The van der Waals surface area contributed by atoms with Crippen molar-refractivity contribution in [2.24, 2.45) is 0 Å².